The largest absolute Gasteiger partial charge is 0.353 e. The lowest BCUT2D eigenvalue weighted by Gasteiger charge is -2.13. The summed E-state index contributed by atoms with van der Waals surface area (Å²) in [4.78, 5) is 25.4. The third-order valence-corrected chi connectivity index (χ3v) is 4.87. The second-order valence-corrected chi connectivity index (χ2v) is 7.47. The summed E-state index contributed by atoms with van der Waals surface area (Å²) >= 11 is 17.4. The molecular weight excluding hydrogens is 441 g/mol. The molecule has 3 aromatic carbocycles. The number of rotatable bonds is 6. The summed E-state index contributed by atoms with van der Waals surface area (Å²) in [6.45, 7) is -0.0823. The van der Waals surface area contributed by atoms with Crippen LogP contribution in [0, 0.1) is 0 Å². The SMILES string of the molecule is O=C(CNC(=S)Nc1ccccc1)Nc1ccc(Cl)cc1C(=O)c1ccccc1Cl. The minimum absolute atomic E-state index is 0.0823. The van der Waals surface area contributed by atoms with Crippen LogP contribution in [0.3, 0.4) is 0 Å². The van der Waals surface area contributed by atoms with Crippen molar-refractivity contribution in [1.29, 1.82) is 0 Å². The summed E-state index contributed by atoms with van der Waals surface area (Å²) in [7, 11) is 0. The van der Waals surface area contributed by atoms with E-state index in [4.69, 9.17) is 35.4 Å². The molecule has 3 rings (SSSR count). The fourth-order valence-corrected chi connectivity index (χ4v) is 3.24. The highest BCUT2D eigenvalue weighted by molar-refractivity contribution is 7.80. The Labute approximate surface area is 189 Å². The molecule has 0 fully saturated rings. The highest BCUT2D eigenvalue weighted by Gasteiger charge is 2.18. The van der Waals surface area contributed by atoms with Gasteiger partial charge in [-0.1, -0.05) is 53.5 Å². The van der Waals surface area contributed by atoms with Crippen LogP contribution in [0.1, 0.15) is 15.9 Å². The molecule has 0 unspecified atom stereocenters. The molecular formula is C22H17Cl2N3O2S. The molecule has 0 spiro atoms. The molecule has 8 heteroatoms. The fraction of sp³-hybridized carbons (Fsp3) is 0.0455. The maximum Gasteiger partial charge on any atom is 0.243 e. The van der Waals surface area contributed by atoms with Gasteiger partial charge in [0.15, 0.2) is 10.9 Å². The lowest BCUT2D eigenvalue weighted by atomic mass is 10.0. The number of anilines is 2. The Hall–Kier alpha value is -2.93. The molecule has 0 bridgehead atoms. The zero-order chi connectivity index (χ0) is 21.5. The van der Waals surface area contributed by atoms with Crippen LogP contribution < -0.4 is 16.0 Å². The smallest absolute Gasteiger partial charge is 0.243 e. The molecule has 0 saturated carbocycles. The number of hydrogen-bond acceptors (Lipinski definition) is 3. The predicted octanol–water partition coefficient (Wildman–Crippen LogP) is 5.15. The lowest BCUT2D eigenvalue weighted by Crippen LogP contribution is -2.35. The van der Waals surface area contributed by atoms with E-state index in [1.165, 1.54) is 6.07 Å². The minimum atomic E-state index is -0.372. The first-order chi connectivity index (χ1) is 14.4. The highest BCUT2D eigenvalue weighted by atomic mass is 35.5. The van der Waals surface area contributed by atoms with E-state index in [9.17, 15) is 9.59 Å². The third kappa shape index (κ3) is 5.79. The summed E-state index contributed by atoms with van der Waals surface area (Å²) in [5.74, 6) is -0.713. The number of hydrogen-bond donors (Lipinski definition) is 3. The Kier molecular flexibility index (Phi) is 7.41. The van der Waals surface area contributed by atoms with Crippen molar-refractivity contribution in [3.05, 3.63) is 94.0 Å². The Bertz CT molecular complexity index is 1090. The Balaban J connectivity index is 1.67. The number of carbonyl (C=O) groups is 2. The van der Waals surface area contributed by atoms with E-state index in [0.29, 0.717) is 26.4 Å². The summed E-state index contributed by atoms with van der Waals surface area (Å²) < 4.78 is 0. The molecule has 3 aromatic rings. The molecule has 30 heavy (non-hydrogen) atoms. The van der Waals surface area contributed by atoms with Crippen LogP contribution in [-0.4, -0.2) is 23.3 Å². The standard InChI is InChI=1S/C22H17Cl2N3O2S/c23-14-10-11-19(17(12-14)21(29)16-8-4-5-9-18(16)24)27-20(28)13-25-22(30)26-15-6-2-1-3-7-15/h1-12H,13H2,(H,27,28)(H2,25,26,30). The highest BCUT2D eigenvalue weighted by Crippen LogP contribution is 2.26. The third-order valence-electron chi connectivity index (χ3n) is 4.06. The van der Waals surface area contributed by atoms with Gasteiger partial charge in [0.25, 0.3) is 0 Å². The van der Waals surface area contributed by atoms with E-state index >= 15 is 0 Å². The topological polar surface area (TPSA) is 70.2 Å². The van der Waals surface area contributed by atoms with Crippen LogP contribution in [0.2, 0.25) is 10.0 Å². The van der Waals surface area contributed by atoms with Crippen LogP contribution >= 0.6 is 35.4 Å². The van der Waals surface area contributed by atoms with Gasteiger partial charge in [-0.05, 0) is 54.7 Å². The van der Waals surface area contributed by atoms with Crippen molar-refractivity contribution in [1.82, 2.24) is 5.32 Å². The second kappa shape index (κ2) is 10.2. The van der Waals surface area contributed by atoms with Gasteiger partial charge in [-0.2, -0.15) is 0 Å². The van der Waals surface area contributed by atoms with Crippen molar-refractivity contribution in [3.8, 4) is 0 Å². The number of benzene rings is 3. The van der Waals surface area contributed by atoms with E-state index in [1.54, 1.807) is 36.4 Å². The zero-order valence-corrected chi connectivity index (χ0v) is 17.9. The summed E-state index contributed by atoms with van der Waals surface area (Å²) in [5.41, 5.74) is 1.70. The van der Waals surface area contributed by atoms with Crippen LogP contribution in [0.15, 0.2) is 72.8 Å². The maximum atomic E-state index is 13.0. The molecule has 0 aliphatic carbocycles. The molecule has 5 nitrogen and oxygen atoms in total. The minimum Gasteiger partial charge on any atom is -0.353 e. The van der Waals surface area contributed by atoms with Crippen LogP contribution in [-0.2, 0) is 4.79 Å². The van der Waals surface area contributed by atoms with E-state index in [1.807, 2.05) is 30.3 Å². The van der Waals surface area contributed by atoms with Crippen LogP contribution in [0.5, 0.6) is 0 Å². The van der Waals surface area contributed by atoms with E-state index in [2.05, 4.69) is 16.0 Å². The molecule has 0 heterocycles. The van der Waals surface area contributed by atoms with Crippen molar-refractivity contribution >= 4 is 63.6 Å². The number of halogens is 2. The van der Waals surface area contributed by atoms with Crippen molar-refractivity contribution < 1.29 is 9.59 Å². The van der Waals surface area contributed by atoms with Gasteiger partial charge in [0.2, 0.25) is 5.91 Å². The summed E-state index contributed by atoms with van der Waals surface area (Å²) in [6, 6.07) is 20.7. The predicted molar refractivity (Wildman–Crippen MR) is 126 cm³/mol. The van der Waals surface area contributed by atoms with Gasteiger partial charge < -0.3 is 16.0 Å². The molecule has 3 N–H and O–H groups in total. The Morgan fingerprint density at radius 2 is 1.53 bits per heavy atom. The average Bonchev–Trinajstić information content (AvgIpc) is 2.74. The lowest BCUT2D eigenvalue weighted by molar-refractivity contribution is -0.115. The van der Waals surface area contributed by atoms with Crippen molar-refractivity contribution in [2.24, 2.45) is 0 Å². The second-order valence-electron chi connectivity index (χ2n) is 6.22. The van der Waals surface area contributed by atoms with Gasteiger partial charge >= 0.3 is 0 Å². The quantitative estimate of drug-likeness (QED) is 0.352. The van der Waals surface area contributed by atoms with Crippen molar-refractivity contribution in [3.63, 3.8) is 0 Å². The number of thiocarbonyl (C=S) groups is 1. The van der Waals surface area contributed by atoms with Gasteiger partial charge in [0, 0.05) is 21.8 Å². The van der Waals surface area contributed by atoms with E-state index < -0.39 is 0 Å². The normalized spacial score (nSPS) is 10.2. The molecule has 0 aliphatic heterocycles. The van der Waals surface area contributed by atoms with Crippen molar-refractivity contribution in [2.75, 3.05) is 17.2 Å². The fourth-order valence-electron chi connectivity index (χ4n) is 2.66. The molecule has 0 atom stereocenters. The molecule has 0 radical (unpaired) electrons. The monoisotopic (exact) mass is 457 g/mol. The van der Waals surface area contributed by atoms with Gasteiger partial charge in [-0.3, -0.25) is 9.59 Å². The maximum absolute atomic E-state index is 13.0. The first-order valence-corrected chi connectivity index (χ1v) is 10.1. The summed E-state index contributed by atoms with van der Waals surface area (Å²) in [5, 5.41) is 9.52. The van der Waals surface area contributed by atoms with Gasteiger partial charge in [-0.15, -0.1) is 0 Å². The van der Waals surface area contributed by atoms with Crippen molar-refractivity contribution in [2.45, 2.75) is 0 Å². The molecule has 1 amide bonds. The Morgan fingerprint density at radius 1 is 0.833 bits per heavy atom. The Morgan fingerprint density at radius 3 is 2.27 bits per heavy atom. The number of nitrogens with one attached hydrogen (secondary N) is 3. The van der Waals surface area contributed by atoms with Gasteiger partial charge in [-0.25, -0.2) is 0 Å². The van der Waals surface area contributed by atoms with Crippen LogP contribution in [0.25, 0.3) is 0 Å². The molecule has 152 valence electrons. The first-order valence-electron chi connectivity index (χ1n) is 8.92. The molecule has 0 aromatic heterocycles. The zero-order valence-electron chi connectivity index (χ0n) is 15.6. The average molecular weight is 458 g/mol. The molecule has 0 aliphatic rings. The number of ketones is 1. The van der Waals surface area contributed by atoms with Crippen LogP contribution in [0.4, 0.5) is 11.4 Å². The van der Waals surface area contributed by atoms with E-state index in [0.717, 1.165) is 5.69 Å². The summed E-state index contributed by atoms with van der Waals surface area (Å²) in [6.07, 6.45) is 0. The number of amides is 1. The molecule has 0 saturated heterocycles. The van der Waals surface area contributed by atoms with Gasteiger partial charge in [0.1, 0.15) is 0 Å². The van der Waals surface area contributed by atoms with Gasteiger partial charge in [0.05, 0.1) is 17.3 Å². The first kappa shape index (κ1) is 21.8. The van der Waals surface area contributed by atoms with E-state index in [-0.39, 0.29) is 23.8 Å². The number of para-hydroxylation sites is 1. The number of carbonyl (C=O) groups excluding carboxylic acids is 2.